The monoisotopic (exact) mass is 451 g/mol. The average Bonchev–Trinajstić information content (AvgIpc) is 3.06. The van der Waals surface area contributed by atoms with E-state index >= 15 is 0 Å². The number of carbonyl (C=O) groups excluding carboxylic acids is 1. The Labute approximate surface area is 177 Å². The van der Waals surface area contributed by atoms with E-state index < -0.39 is 15.9 Å². The van der Waals surface area contributed by atoms with Crippen molar-refractivity contribution in [1.82, 2.24) is 4.57 Å². The van der Waals surface area contributed by atoms with Crippen LogP contribution in [0.2, 0.25) is 0 Å². The van der Waals surface area contributed by atoms with Crippen LogP contribution in [0.3, 0.4) is 0 Å². The van der Waals surface area contributed by atoms with Crippen LogP contribution in [0.4, 0.5) is 0 Å². The van der Waals surface area contributed by atoms with Crippen LogP contribution in [0.1, 0.15) is 10.4 Å². The van der Waals surface area contributed by atoms with Crippen molar-refractivity contribution < 1.29 is 27.4 Å². The summed E-state index contributed by atoms with van der Waals surface area (Å²) in [7, 11) is 0.716. The Kier molecular flexibility index (Phi) is 6.56. The number of benzene rings is 2. The Bertz CT molecular complexity index is 1260. The van der Waals surface area contributed by atoms with Gasteiger partial charge in [0, 0.05) is 19.2 Å². The third-order valence-electron chi connectivity index (χ3n) is 4.33. The van der Waals surface area contributed by atoms with Crippen LogP contribution in [0, 0.1) is 0 Å². The van der Waals surface area contributed by atoms with Crippen LogP contribution in [0.5, 0.6) is 11.5 Å². The molecule has 3 aromatic rings. The van der Waals surface area contributed by atoms with E-state index in [0.29, 0.717) is 39.7 Å². The predicted molar refractivity (Wildman–Crippen MR) is 113 cm³/mol. The molecule has 0 saturated heterocycles. The molecule has 0 spiro atoms. The van der Waals surface area contributed by atoms with E-state index in [1.54, 1.807) is 35.9 Å². The number of nitrogens with two attached hydrogens (primary N) is 1. The van der Waals surface area contributed by atoms with E-state index in [4.69, 9.17) is 19.3 Å². The lowest BCUT2D eigenvalue weighted by Crippen LogP contribution is -2.19. The first-order valence-corrected chi connectivity index (χ1v) is 11.1. The second kappa shape index (κ2) is 8.96. The zero-order valence-corrected chi connectivity index (χ0v) is 18.2. The fourth-order valence-electron chi connectivity index (χ4n) is 2.84. The largest absolute Gasteiger partial charge is 0.493 e. The van der Waals surface area contributed by atoms with Gasteiger partial charge in [0.1, 0.15) is 0 Å². The van der Waals surface area contributed by atoms with E-state index in [2.05, 4.69) is 4.99 Å². The predicted octanol–water partition coefficient (Wildman–Crippen LogP) is 1.75. The molecule has 11 heteroatoms. The molecule has 30 heavy (non-hydrogen) atoms. The standard InChI is InChI=1S/C19H21N3O6S2/c1-26-9-8-22-14-6-5-13(30(20,24)25)11-17(14)29-19(22)21-18(23)12-4-7-15(27-2)16(10-12)28-3/h4-7,10-11H,8-9H2,1-3H3,(H2,20,24,25). The lowest BCUT2D eigenvalue weighted by Gasteiger charge is -2.08. The van der Waals surface area contributed by atoms with Gasteiger partial charge in [0.05, 0.1) is 35.9 Å². The third kappa shape index (κ3) is 4.54. The Balaban J connectivity index is 2.13. The first kappa shape index (κ1) is 22.0. The SMILES string of the molecule is COCCn1c(=NC(=O)c2ccc(OC)c(OC)c2)sc2cc(S(N)(=O)=O)ccc21. The van der Waals surface area contributed by atoms with Crippen molar-refractivity contribution in [3.05, 3.63) is 46.8 Å². The van der Waals surface area contributed by atoms with Gasteiger partial charge in [0.25, 0.3) is 5.91 Å². The van der Waals surface area contributed by atoms with Crippen LogP contribution >= 0.6 is 11.3 Å². The summed E-state index contributed by atoms with van der Waals surface area (Å²) in [6, 6.07) is 9.31. The van der Waals surface area contributed by atoms with Crippen molar-refractivity contribution in [2.45, 2.75) is 11.4 Å². The molecule has 0 aliphatic carbocycles. The maximum Gasteiger partial charge on any atom is 0.279 e. The molecule has 3 rings (SSSR count). The number of thiazole rings is 1. The second-order valence-corrected chi connectivity index (χ2v) is 8.76. The number of aromatic nitrogens is 1. The van der Waals surface area contributed by atoms with Gasteiger partial charge in [-0.3, -0.25) is 4.79 Å². The van der Waals surface area contributed by atoms with Crippen LogP contribution in [-0.2, 0) is 21.3 Å². The molecular weight excluding hydrogens is 430 g/mol. The molecule has 0 atom stereocenters. The number of ether oxygens (including phenoxy) is 3. The fourth-order valence-corrected chi connectivity index (χ4v) is 4.54. The maximum atomic E-state index is 12.8. The number of hydrogen-bond acceptors (Lipinski definition) is 7. The number of amides is 1. The highest BCUT2D eigenvalue weighted by Crippen LogP contribution is 2.28. The Hall–Kier alpha value is -2.73. The minimum absolute atomic E-state index is 0.00657. The molecule has 0 saturated carbocycles. The summed E-state index contributed by atoms with van der Waals surface area (Å²) in [5.41, 5.74) is 1.05. The molecule has 0 bridgehead atoms. The molecule has 1 amide bonds. The summed E-state index contributed by atoms with van der Waals surface area (Å²) >= 11 is 1.19. The number of methoxy groups -OCH3 is 3. The molecule has 0 aliphatic heterocycles. The van der Waals surface area contributed by atoms with Crippen LogP contribution in [0.25, 0.3) is 10.2 Å². The summed E-state index contributed by atoms with van der Waals surface area (Å²) in [4.78, 5) is 17.5. The molecule has 1 heterocycles. The lowest BCUT2D eigenvalue weighted by molar-refractivity contribution is 0.0997. The highest BCUT2D eigenvalue weighted by Gasteiger charge is 2.15. The number of fused-ring (bicyclic) bond motifs is 1. The van der Waals surface area contributed by atoms with Gasteiger partial charge in [-0.05, 0) is 36.4 Å². The molecule has 0 radical (unpaired) electrons. The number of sulfonamides is 1. The summed E-state index contributed by atoms with van der Waals surface area (Å²) < 4.78 is 41.4. The van der Waals surface area contributed by atoms with Gasteiger partial charge >= 0.3 is 0 Å². The van der Waals surface area contributed by atoms with Crippen molar-refractivity contribution in [1.29, 1.82) is 0 Å². The average molecular weight is 452 g/mol. The van der Waals surface area contributed by atoms with E-state index in [-0.39, 0.29) is 4.90 Å². The Morgan fingerprint density at radius 2 is 1.83 bits per heavy atom. The molecule has 1 aromatic heterocycles. The quantitative estimate of drug-likeness (QED) is 0.584. The number of nitrogens with zero attached hydrogens (tertiary/aromatic N) is 2. The van der Waals surface area contributed by atoms with Crippen molar-refractivity contribution in [3.63, 3.8) is 0 Å². The highest BCUT2D eigenvalue weighted by atomic mass is 32.2. The number of carbonyl (C=O) groups is 1. The smallest absolute Gasteiger partial charge is 0.279 e. The summed E-state index contributed by atoms with van der Waals surface area (Å²) in [6.07, 6.45) is 0. The Morgan fingerprint density at radius 1 is 1.10 bits per heavy atom. The number of hydrogen-bond donors (Lipinski definition) is 1. The van der Waals surface area contributed by atoms with Gasteiger partial charge < -0.3 is 18.8 Å². The zero-order valence-electron chi connectivity index (χ0n) is 16.6. The van der Waals surface area contributed by atoms with Crippen LogP contribution in [-0.4, -0.2) is 46.8 Å². The third-order valence-corrected chi connectivity index (χ3v) is 6.28. The van der Waals surface area contributed by atoms with E-state index in [1.807, 2.05) is 0 Å². The summed E-state index contributed by atoms with van der Waals surface area (Å²) in [5.74, 6) is 0.446. The first-order chi connectivity index (χ1) is 14.3. The van der Waals surface area contributed by atoms with E-state index in [9.17, 15) is 13.2 Å². The topological polar surface area (TPSA) is 122 Å². The zero-order chi connectivity index (χ0) is 21.9. The second-order valence-electron chi connectivity index (χ2n) is 6.19. The highest BCUT2D eigenvalue weighted by molar-refractivity contribution is 7.89. The van der Waals surface area contributed by atoms with Gasteiger partial charge in [-0.2, -0.15) is 4.99 Å². The molecule has 9 nitrogen and oxygen atoms in total. The molecule has 2 aromatic carbocycles. The van der Waals surface area contributed by atoms with Crippen molar-refractivity contribution in [2.75, 3.05) is 27.9 Å². The molecule has 2 N–H and O–H groups in total. The minimum atomic E-state index is -3.85. The van der Waals surface area contributed by atoms with Gasteiger partial charge in [0.15, 0.2) is 16.3 Å². The van der Waals surface area contributed by atoms with Crippen molar-refractivity contribution >= 4 is 37.5 Å². The summed E-state index contributed by atoms with van der Waals surface area (Å²) in [5, 5.41) is 5.23. The van der Waals surface area contributed by atoms with E-state index in [0.717, 1.165) is 5.52 Å². The van der Waals surface area contributed by atoms with E-state index in [1.165, 1.54) is 37.7 Å². The van der Waals surface area contributed by atoms with Crippen LogP contribution in [0.15, 0.2) is 46.3 Å². The van der Waals surface area contributed by atoms with Gasteiger partial charge in [-0.15, -0.1) is 0 Å². The van der Waals surface area contributed by atoms with Crippen molar-refractivity contribution in [3.8, 4) is 11.5 Å². The molecule has 0 aliphatic rings. The van der Waals surface area contributed by atoms with Gasteiger partial charge in [-0.25, -0.2) is 13.6 Å². The molecular formula is C19H21N3O6S2. The molecule has 160 valence electrons. The van der Waals surface area contributed by atoms with Crippen LogP contribution < -0.4 is 19.4 Å². The normalized spacial score (nSPS) is 12.3. The lowest BCUT2D eigenvalue weighted by atomic mass is 10.2. The first-order valence-electron chi connectivity index (χ1n) is 8.74. The van der Waals surface area contributed by atoms with Gasteiger partial charge in [0.2, 0.25) is 10.0 Å². The molecule has 0 unspecified atom stereocenters. The van der Waals surface area contributed by atoms with Gasteiger partial charge in [-0.1, -0.05) is 11.3 Å². The summed E-state index contributed by atoms with van der Waals surface area (Å²) in [6.45, 7) is 0.823. The maximum absolute atomic E-state index is 12.8. The Morgan fingerprint density at radius 3 is 2.47 bits per heavy atom. The number of primary sulfonamides is 1. The van der Waals surface area contributed by atoms with Crippen molar-refractivity contribution in [2.24, 2.45) is 10.1 Å². The number of rotatable bonds is 7. The molecule has 0 fully saturated rings. The minimum Gasteiger partial charge on any atom is -0.493 e. The fraction of sp³-hybridized carbons (Fsp3) is 0.263.